The summed E-state index contributed by atoms with van der Waals surface area (Å²) in [6, 6.07) is 12.4. The number of likely N-dealkylation sites (N-methyl/N-ethyl adjacent to an activating group) is 1. The van der Waals surface area contributed by atoms with Gasteiger partial charge in [0.15, 0.2) is 11.5 Å². The quantitative estimate of drug-likeness (QED) is 0.864. The molecule has 0 unspecified atom stereocenters. The first-order valence-electron chi connectivity index (χ1n) is 8.99. The number of benzene rings is 2. The number of hydrogen-bond acceptors (Lipinski definition) is 5. The molecular formula is C21H25N3O2. The number of nitrogen functional groups attached to an aromatic ring is 1. The number of anilines is 1. The van der Waals surface area contributed by atoms with Crippen molar-refractivity contribution in [3.63, 3.8) is 0 Å². The Balaban J connectivity index is 1.89. The lowest BCUT2D eigenvalue weighted by Crippen LogP contribution is -2.41. The smallest absolute Gasteiger partial charge is 0.161 e. The van der Waals surface area contributed by atoms with Crippen molar-refractivity contribution in [2.75, 3.05) is 40.1 Å². The van der Waals surface area contributed by atoms with Crippen LogP contribution in [0.2, 0.25) is 0 Å². The predicted molar refractivity (Wildman–Crippen MR) is 105 cm³/mol. The first-order valence-corrected chi connectivity index (χ1v) is 8.99. The third-order valence-corrected chi connectivity index (χ3v) is 5.47. The number of aliphatic imine (C=N–C) groups is 1. The van der Waals surface area contributed by atoms with Crippen LogP contribution < -0.4 is 15.2 Å². The van der Waals surface area contributed by atoms with Gasteiger partial charge in [-0.2, -0.15) is 0 Å². The highest BCUT2D eigenvalue weighted by Gasteiger charge is 2.36. The summed E-state index contributed by atoms with van der Waals surface area (Å²) in [5.41, 5.74) is 11.2. The maximum atomic E-state index is 5.87. The molecule has 0 saturated carbocycles. The maximum absolute atomic E-state index is 5.87. The summed E-state index contributed by atoms with van der Waals surface area (Å²) in [5, 5.41) is 0. The molecule has 136 valence electrons. The van der Waals surface area contributed by atoms with Gasteiger partial charge in [-0.25, -0.2) is 0 Å². The van der Waals surface area contributed by atoms with Gasteiger partial charge in [0.2, 0.25) is 0 Å². The van der Waals surface area contributed by atoms with E-state index in [0.717, 1.165) is 53.5 Å². The van der Waals surface area contributed by atoms with Gasteiger partial charge in [0, 0.05) is 29.3 Å². The van der Waals surface area contributed by atoms with Gasteiger partial charge in [0.1, 0.15) is 0 Å². The van der Waals surface area contributed by atoms with E-state index in [-0.39, 0.29) is 0 Å². The second-order valence-corrected chi connectivity index (χ2v) is 7.12. The molecule has 2 aliphatic rings. The Morgan fingerprint density at radius 1 is 1.08 bits per heavy atom. The fourth-order valence-electron chi connectivity index (χ4n) is 4.08. The third kappa shape index (κ3) is 2.82. The van der Waals surface area contributed by atoms with Gasteiger partial charge in [-0.05, 0) is 49.8 Å². The summed E-state index contributed by atoms with van der Waals surface area (Å²) in [6.07, 6.45) is 1.06. The molecule has 0 aliphatic carbocycles. The number of methoxy groups -OCH3 is 2. The second-order valence-electron chi connectivity index (χ2n) is 7.12. The number of nitrogens with zero attached hydrogens (tertiary/aromatic N) is 2. The summed E-state index contributed by atoms with van der Waals surface area (Å²) in [7, 11) is 5.53. The van der Waals surface area contributed by atoms with Crippen LogP contribution in [0, 0.1) is 0 Å². The van der Waals surface area contributed by atoms with Crippen LogP contribution in [0.5, 0.6) is 11.5 Å². The minimum absolute atomic E-state index is 0.296. The molecule has 2 N–H and O–H groups in total. The second kappa shape index (κ2) is 6.65. The number of ether oxygens (including phenoxy) is 2. The number of fused-ring (bicyclic) bond motifs is 3. The van der Waals surface area contributed by atoms with E-state index in [1.54, 1.807) is 14.2 Å². The van der Waals surface area contributed by atoms with Crippen LogP contribution in [0.15, 0.2) is 41.4 Å². The van der Waals surface area contributed by atoms with E-state index in [0.29, 0.717) is 12.0 Å². The van der Waals surface area contributed by atoms with E-state index in [1.165, 1.54) is 5.56 Å². The van der Waals surface area contributed by atoms with Crippen LogP contribution in [-0.4, -0.2) is 51.0 Å². The molecule has 2 aliphatic heterocycles. The normalized spacial score (nSPS) is 22.2. The van der Waals surface area contributed by atoms with Crippen molar-refractivity contribution in [2.24, 2.45) is 4.99 Å². The number of piperidine rings is 1. The lowest BCUT2D eigenvalue weighted by Gasteiger charge is -2.39. The van der Waals surface area contributed by atoms with Crippen molar-refractivity contribution < 1.29 is 9.47 Å². The molecular weight excluding hydrogens is 326 g/mol. The van der Waals surface area contributed by atoms with Gasteiger partial charge in [-0.3, -0.25) is 4.99 Å². The molecule has 5 heteroatoms. The van der Waals surface area contributed by atoms with E-state index in [2.05, 4.69) is 24.1 Å². The van der Waals surface area contributed by atoms with Crippen molar-refractivity contribution in [1.29, 1.82) is 0 Å². The summed E-state index contributed by atoms with van der Waals surface area (Å²) in [6.45, 7) is 2.08. The zero-order valence-corrected chi connectivity index (χ0v) is 15.5. The summed E-state index contributed by atoms with van der Waals surface area (Å²) in [5.74, 6) is 1.88. The van der Waals surface area contributed by atoms with Crippen LogP contribution in [0.1, 0.15) is 29.0 Å². The Morgan fingerprint density at radius 2 is 1.77 bits per heavy atom. The van der Waals surface area contributed by atoms with Crippen molar-refractivity contribution in [3.05, 3.63) is 53.1 Å². The maximum Gasteiger partial charge on any atom is 0.161 e. The van der Waals surface area contributed by atoms with Gasteiger partial charge < -0.3 is 20.1 Å². The van der Waals surface area contributed by atoms with Gasteiger partial charge in [-0.15, -0.1) is 0 Å². The third-order valence-electron chi connectivity index (χ3n) is 5.47. The Morgan fingerprint density at radius 3 is 2.46 bits per heavy atom. The number of hydrogen-bond donors (Lipinski definition) is 1. The summed E-state index contributed by atoms with van der Waals surface area (Å²) < 4.78 is 11.1. The van der Waals surface area contributed by atoms with Crippen LogP contribution in [-0.2, 0) is 0 Å². The largest absolute Gasteiger partial charge is 0.493 e. The van der Waals surface area contributed by atoms with Crippen molar-refractivity contribution >= 4 is 11.4 Å². The SMILES string of the molecule is COc1cc2c(cc1OC)[C@H]1CN(C)CC[C@H]1N=C2c1ccc(N)cc1. The lowest BCUT2D eigenvalue weighted by molar-refractivity contribution is 0.227. The molecule has 0 amide bonds. The molecule has 2 aromatic rings. The molecule has 1 saturated heterocycles. The van der Waals surface area contributed by atoms with Crippen LogP contribution in [0.25, 0.3) is 0 Å². The highest BCUT2D eigenvalue weighted by atomic mass is 16.5. The summed E-state index contributed by atoms with van der Waals surface area (Å²) >= 11 is 0. The zero-order chi connectivity index (χ0) is 18.3. The molecule has 0 spiro atoms. The monoisotopic (exact) mass is 351 g/mol. The van der Waals surface area contributed by atoms with E-state index >= 15 is 0 Å². The molecule has 2 aromatic carbocycles. The van der Waals surface area contributed by atoms with Crippen LogP contribution >= 0.6 is 0 Å². The van der Waals surface area contributed by atoms with Crippen LogP contribution in [0.4, 0.5) is 5.69 Å². The fraction of sp³-hybridized carbons (Fsp3) is 0.381. The zero-order valence-electron chi connectivity index (χ0n) is 15.5. The lowest BCUT2D eigenvalue weighted by atomic mass is 9.79. The van der Waals surface area contributed by atoms with Crippen molar-refractivity contribution in [2.45, 2.75) is 18.4 Å². The molecule has 0 bridgehead atoms. The van der Waals surface area contributed by atoms with Crippen molar-refractivity contribution in [1.82, 2.24) is 4.90 Å². The Labute approximate surface area is 154 Å². The average Bonchev–Trinajstić information content (AvgIpc) is 2.67. The average molecular weight is 351 g/mol. The first kappa shape index (κ1) is 16.9. The molecule has 0 aromatic heterocycles. The Kier molecular flexibility index (Phi) is 4.32. The molecule has 1 fully saturated rings. The van der Waals surface area contributed by atoms with Gasteiger partial charge >= 0.3 is 0 Å². The molecule has 0 radical (unpaired) electrons. The van der Waals surface area contributed by atoms with Crippen molar-refractivity contribution in [3.8, 4) is 11.5 Å². The number of rotatable bonds is 3. The molecule has 2 heterocycles. The number of nitrogens with two attached hydrogens (primary N) is 1. The van der Waals surface area contributed by atoms with Gasteiger partial charge in [0.05, 0.1) is 26.0 Å². The van der Waals surface area contributed by atoms with E-state index in [9.17, 15) is 0 Å². The topological polar surface area (TPSA) is 60.1 Å². The number of likely N-dealkylation sites (tertiary alicyclic amines) is 1. The fourth-order valence-corrected chi connectivity index (χ4v) is 4.08. The van der Waals surface area contributed by atoms with E-state index < -0.39 is 0 Å². The standard InChI is InChI=1S/C21H25N3O2/c1-24-9-8-18-17(12-24)15-10-19(25-2)20(26-3)11-16(15)21(23-18)13-4-6-14(22)7-5-13/h4-7,10-11,17-18H,8-9,12,22H2,1-3H3/t17-,18-/m1/s1. The molecule has 5 nitrogen and oxygen atoms in total. The predicted octanol–water partition coefficient (Wildman–Crippen LogP) is 2.92. The molecule has 2 atom stereocenters. The summed E-state index contributed by atoms with van der Waals surface area (Å²) in [4.78, 5) is 7.54. The molecule has 4 rings (SSSR count). The Bertz CT molecular complexity index is 845. The van der Waals surface area contributed by atoms with Crippen LogP contribution in [0.3, 0.4) is 0 Å². The molecule has 26 heavy (non-hydrogen) atoms. The Hall–Kier alpha value is -2.53. The van der Waals surface area contributed by atoms with Gasteiger partial charge in [0.25, 0.3) is 0 Å². The minimum Gasteiger partial charge on any atom is -0.493 e. The van der Waals surface area contributed by atoms with E-state index in [1.807, 2.05) is 24.3 Å². The van der Waals surface area contributed by atoms with E-state index in [4.69, 9.17) is 20.2 Å². The van der Waals surface area contributed by atoms with Gasteiger partial charge in [-0.1, -0.05) is 12.1 Å². The highest BCUT2D eigenvalue weighted by Crippen LogP contribution is 2.42. The first-order chi connectivity index (χ1) is 12.6. The highest BCUT2D eigenvalue weighted by molar-refractivity contribution is 6.15. The minimum atomic E-state index is 0.296.